The first-order chi connectivity index (χ1) is 13.7. The van der Waals surface area contributed by atoms with E-state index in [0.29, 0.717) is 17.3 Å². The lowest BCUT2D eigenvalue weighted by Crippen LogP contribution is -2.37. The molecule has 1 atom stereocenters. The van der Waals surface area contributed by atoms with E-state index in [1.807, 2.05) is 18.2 Å². The molecule has 1 N–H and O–H groups in total. The predicted molar refractivity (Wildman–Crippen MR) is 113 cm³/mol. The monoisotopic (exact) mass is 437 g/mol. The second-order valence-corrected chi connectivity index (χ2v) is 8.85. The van der Waals surface area contributed by atoms with Crippen LogP contribution in [0, 0.1) is 5.82 Å². The Bertz CT molecular complexity index is 1050. The van der Waals surface area contributed by atoms with Gasteiger partial charge in [-0.3, -0.25) is 0 Å². The van der Waals surface area contributed by atoms with Crippen molar-refractivity contribution in [2.75, 3.05) is 27.7 Å². The highest BCUT2D eigenvalue weighted by molar-refractivity contribution is 7.87. The molecule has 0 amide bonds. The molecule has 0 bridgehead atoms. The number of hydrazone groups is 1. The Balaban J connectivity index is 2.06. The fraction of sp³-hybridized carbons (Fsp3) is 0.263. The number of rotatable bonds is 4. The van der Waals surface area contributed by atoms with Gasteiger partial charge in [0.1, 0.15) is 5.82 Å². The zero-order chi connectivity index (χ0) is 21.2. The Hall–Kier alpha value is -2.49. The van der Waals surface area contributed by atoms with E-state index in [9.17, 15) is 12.8 Å². The Morgan fingerprint density at radius 3 is 2.55 bits per heavy atom. The zero-order valence-corrected chi connectivity index (χ0v) is 17.7. The maximum Gasteiger partial charge on any atom is 0.325 e. The van der Waals surface area contributed by atoms with Gasteiger partial charge in [-0.25, -0.2) is 9.40 Å². The molecule has 10 heteroatoms. The molecule has 3 rings (SSSR count). The molecule has 2 aromatic carbocycles. The van der Waals surface area contributed by atoms with Crippen molar-refractivity contribution in [2.45, 2.75) is 5.92 Å². The summed E-state index contributed by atoms with van der Waals surface area (Å²) in [5.41, 5.74) is 2.20. The minimum atomic E-state index is -3.85. The van der Waals surface area contributed by atoms with Crippen molar-refractivity contribution in [1.82, 2.24) is 14.6 Å². The van der Waals surface area contributed by atoms with Crippen LogP contribution in [0.25, 0.3) is 0 Å². The van der Waals surface area contributed by atoms with Crippen LogP contribution in [0.2, 0.25) is 5.02 Å². The fourth-order valence-corrected chi connectivity index (χ4v) is 3.61. The van der Waals surface area contributed by atoms with Gasteiger partial charge in [0, 0.05) is 32.1 Å². The normalized spacial score (nSPS) is 17.6. The molecule has 0 saturated heterocycles. The smallest absolute Gasteiger partial charge is 0.325 e. The van der Waals surface area contributed by atoms with E-state index in [2.05, 4.69) is 14.8 Å². The average molecular weight is 438 g/mol. The van der Waals surface area contributed by atoms with Crippen molar-refractivity contribution < 1.29 is 12.8 Å². The third kappa shape index (κ3) is 4.75. The topological polar surface area (TPSA) is 77.4 Å². The van der Waals surface area contributed by atoms with Gasteiger partial charge in [0.15, 0.2) is 0 Å². The summed E-state index contributed by atoms with van der Waals surface area (Å²) < 4.78 is 43.1. The number of benzene rings is 2. The molecule has 2 aromatic rings. The maximum absolute atomic E-state index is 13.8. The van der Waals surface area contributed by atoms with Crippen LogP contribution in [0.3, 0.4) is 0 Å². The third-order valence-corrected chi connectivity index (χ3v) is 6.01. The first-order valence-corrected chi connectivity index (χ1v) is 10.6. The average Bonchev–Trinajstić information content (AvgIpc) is 3.12. The number of halogens is 2. The Morgan fingerprint density at radius 1 is 1.28 bits per heavy atom. The minimum Gasteiger partial charge on any atom is -0.357 e. The summed E-state index contributed by atoms with van der Waals surface area (Å²) in [4.78, 5) is 0. The van der Waals surface area contributed by atoms with Gasteiger partial charge < -0.3 is 5.32 Å². The number of nitrogens with zero attached hydrogens (tertiary/aromatic N) is 4. The largest absolute Gasteiger partial charge is 0.357 e. The Morgan fingerprint density at radius 2 is 1.97 bits per heavy atom. The molecule has 0 radical (unpaired) electrons. The molecule has 0 fully saturated rings. The van der Waals surface area contributed by atoms with Crippen molar-refractivity contribution in [1.29, 1.82) is 0 Å². The molecule has 1 aliphatic heterocycles. The highest BCUT2D eigenvalue weighted by Crippen LogP contribution is 2.30. The van der Waals surface area contributed by atoms with Crippen LogP contribution in [-0.4, -0.2) is 57.1 Å². The molecule has 7 nitrogen and oxygen atoms in total. The van der Waals surface area contributed by atoms with Crippen molar-refractivity contribution in [3.05, 3.63) is 70.5 Å². The Labute approximate surface area is 174 Å². The Kier molecular flexibility index (Phi) is 6.21. The summed E-state index contributed by atoms with van der Waals surface area (Å²) in [6.45, 7) is 0.296. The van der Waals surface area contributed by atoms with Gasteiger partial charge in [0.05, 0.1) is 12.3 Å². The van der Waals surface area contributed by atoms with Crippen molar-refractivity contribution in [3.63, 3.8) is 0 Å². The lowest BCUT2D eigenvalue weighted by Gasteiger charge is -2.18. The van der Waals surface area contributed by atoms with Crippen LogP contribution in [0.15, 0.2) is 58.0 Å². The summed E-state index contributed by atoms with van der Waals surface area (Å²) >= 11 is 6.00. The first kappa shape index (κ1) is 21.2. The van der Waals surface area contributed by atoms with Crippen molar-refractivity contribution >= 4 is 33.5 Å². The first-order valence-electron chi connectivity index (χ1n) is 8.79. The van der Waals surface area contributed by atoms with E-state index in [4.69, 9.17) is 11.6 Å². The summed E-state index contributed by atoms with van der Waals surface area (Å²) in [6.07, 6.45) is 0. The predicted octanol–water partition coefficient (Wildman–Crippen LogP) is 2.66. The summed E-state index contributed by atoms with van der Waals surface area (Å²) in [5, 5.41) is 9.44. The summed E-state index contributed by atoms with van der Waals surface area (Å²) in [7, 11) is 0.507. The number of hydrogen-bond donors (Lipinski definition) is 1. The van der Waals surface area contributed by atoms with Gasteiger partial charge in [0.25, 0.3) is 0 Å². The third-order valence-electron chi connectivity index (χ3n) is 4.44. The van der Waals surface area contributed by atoms with Crippen LogP contribution in [-0.2, 0) is 10.2 Å². The molecule has 29 heavy (non-hydrogen) atoms. The van der Waals surface area contributed by atoms with Gasteiger partial charge in [-0.15, -0.1) is 4.40 Å². The molecule has 154 valence electrons. The van der Waals surface area contributed by atoms with Crippen LogP contribution in [0.1, 0.15) is 17.0 Å². The van der Waals surface area contributed by atoms with Gasteiger partial charge in [-0.05, 0) is 35.4 Å². The van der Waals surface area contributed by atoms with Gasteiger partial charge in [-0.1, -0.05) is 35.9 Å². The van der Waals surface area contributed by atoms with Crippen LogP contribution < -0.4 is 5.32 Å². The summed E-state index contributed by atoms with van der Waals surface area (Å²) in [6, 6.07) is 13.4. The van der Waals surface area contributed by atoms with Gasteiger partial charge >= 0.3 is 10.2 Å². The van der Waals surface area contributed by atoms with E-state index in [1.165, 1.54) is 31.2 Å². The molecule has 0 aliphatic carbocycles. The number of nitrogens with one attached hydrogen (secondary N) is 1. The molecule has 0 spiro atoms. The van der Waals surface area contributed by atoms with Crippen molar-refractivity contribution in [2.24, 2.45) is 9.50 Å². The molecule has 0 saturated carbocycles. The fourth-order valence-electron chi connectivity index (χ4n) is 2.91. The van der Waals surface area contributed by atoms with Crippen LogP contribution >= 0.6 is 11.6 Å². The van der Waals surface area contributed by atoms with Crippen LogP contribution in [0.5, 0.6) is 0 Å². The van der Waals surface area contributed by atoms with Gasteiger partial charge in [-0.2, -0.15) is 17.8 Å². The van der Waals surface area contributed by atoms with Gasteiger partial charge in [0.2, 0.25) is 5.96 Å². The number of hydrogen-bond acceptors (Lipinski definition) is 3. The molecular formula is C19H21ClFN5O2S. The molecule has 1 heterocycles. The van der Waals surface area contributed by atoms with E-state index >= 15 is 0 Å². The number of guanidine groups is 1. The van der Waals surface area contributed by atoms with E-state index in [-0.39, 0.29) is 17.7 Å². The van der Waals surface area contributed by atoms with E-state index in [1.54, 1.807) is 25.2 Å². The SMILES string of the molecule is CN/C(=N\S(=O)(=O)N(C)C)N1CC(c2cccc(F)c2)C(c2ccc(Cl)cc2)=N1. The minimum absolute atomic E-state index is 0.0732. The molecule has 0 aromatic heterocycles. The standard InChI is InChI=1S/C19H21ClFN5O2S/c1-22-19(24-29(27,28)25(2)3)26-12-17(14-5-4-6-16(21)11-14)18(23-26)13-7-9-15(20)10-8-13/h4-11,17H,12H2,1-3H3,(H,22,24). The molecular weight excluding hydrogens is 417 g/mol. The lowest BCUT2D eigenvalue weighted by molar-refractivity contribution is 0.457. The van der Waals surface area contributed by atoms with E-state index in [0.717, 1.165) is 15.4 Å². The lowest BCUT2D eigenvalue weighted by atomic mass is 9.90. The quantitative estimate of drug-likeness (QED) is 0.589. The highest BCUT2D eigenvalue weighted by Gasteiger charge is 2.32. The summed E-state index contributed by atoms with van der Waals surface area (Å²) in [5.74, 6) is -0.564. The second-order valence-electron chi connectivity index (χ2n) is 6.61. The second kappa shape index (κ2) is 8.48. The highest BCUT2D eigenvalue weighted by atomic mass is 35.5. The van der Waals surface area contributed by atoms with Crippen molar-refractivity contribution in [3.8, 4) is 0 Å². The molecule has 1 unspecified atom stereocenters. The van der Waals surface area contributed by atoms with E-state index < -0.39 is 10.2 Å². The molecule has 1 aliphatic rings. The van der Waals surface area contributed by atoms with Crippen LogP contribution in [0.4, 0.5) is 4.39 Å². The zero-order valence-electron chi connectivity index (χ0n) is 16.2. The maximum atomic E-state index is 13.8.